The van der Waals surface area contributed by atoms with Crippen LogP contribution in [0.15, 0.2) is 114 Å². The molecule has 1 atom stereocenters. The summed E-state index contributed by atoms with van der Waals surface area (Å²) in [5.41, 5.74) is 6.54. The Bertz CT molecular complexity index is 1800. The summed E-state index contributed by atoms with van der Waals surface area (Å²) in [6.07, 6.45) is 3.52. The summed E-state index contributed by atoms with van der Waals surface area (Å²) in [5.74, 6) is 0.519. The van der Waals surface area contributed by atoms with E-state index in [0.717, 1.165) is 39.1 Å². The number of hydrazone groups is 1. The van der Waals surface area contributed by atoms with Crippen LogP contribution < -0.4 is 10.7 Å². The molecule has 0 saturated heterocycles. The first-order valence-corrected chi connectivity index (χ1v) is 13.8. The molecule has 0 fully saturated rings. The van der Waals surface area contributed by atoms with Crippen LogP contribution in [0.5, 0.6) is 0 Å². The molecule has 6 rings (SSSR count). The van der Waals surface area contributed by atoms with Crippen LogP contribution in [0, 0.1) is 0 Å². The van der Waals surface area contributed by atoms with Gasteiger partial charge in [0.05, 0.1) is 18.0 Å². The van der Waals surface area contributed by atoms with Gasteiger partial charge in [-0.3, -0.25) is 9.36 Å². The fourth-order valence-corrected chi connectivity index (χ4v) is 5.43. The van der Waals surface area contributed by atoms with Crippen LogP contribution in [0.25, 0.3) is 27.4 Å². The van der Waals surface area contributed by atoms with Gasteiger partial charge < -0.3 is 10.3 Å². The smallest absolute Gasteiger partial charge is 0.253 e. The lowest BCUT2D eigenvalue weighted by molar-refractivity contribution is -0.120. The van der Waals surface area contributed by atoms with Crippen LogP contribution in [0.4, 0.5) is 5.69 Å². The van der Waals surface area contributed by atoms with Gasteiger partial charge in [0.2, 0.25) is 0 Å². The molecule has 1 amide bonds. The van der Waals surface area contributed by atoms with Gasteiger partial charge in [0.15, 0.2) is 11.0 Å². The monoisotopic (exact) mass is 545 g/mol. The Balaban J connectivity index is 1.18. The number of aromatic nitrogens is 4. The van der Waals surface area contributed by atoms with Crippen LogP contribution >= 0.6 is 11.8 Å². The van der Waals surface area contributed by atoms with Crippen LogP contribution in [0.1, 0.15) is 18.3 Å². The van der Waals surface area contributed by atoms with Crippen molar-refractivity contribution in [3.8, 4) is 5.69 Å². The van der Waals surface area contributed by atoms with Gasteiger partial charge in [-0.15, -0.1) is 10.2 Å². The number of para-hydroxylation sites is 2. The Labute approximate surface area is 235 Å². The van der Waals surface area contributed by atoms with Gasteiger partial charge in [-0.25, -0.2) is 5.43 Å². The second kappa shape index (κ2) is 11.5. The first-order valence-electron chi connectivity index (χ1n) is 12.9. The fourth-order valence-electron chi connectivity index (χ4n) is 4.55. The quantitative estimate of drug-likeness (QED) is 0.115. The highest BCUT2D eigenvalue weighted by Gasteiger charge is 2.21. The van der Waals surface area contributed by atoms with Gasteiger partial charge in [-0.05, 0) is 36.6 Å². The predicted molar refractivity (Wildman–Crippen MR) is 162 cm³/mol. The minimum absolute atomic E-state index is 0.223. The second-order valence-electron chi connectivity index (χ2n) is 9.23. The maximum absolute atomic E-state index is 12.9. The van der Waals surface area contributed by atoms with E-state index in [9.17, 15) is 4.79 Å². The molecular formula is C31H27N7OS. The van der Waals surface area contributed by atoms with Crippen molar-refractivity contribution in [1.29, 1.82) is 0 Å². The summed E-state index contributed by atoms with van der Waals surface area (Å²) < 4.78 is 1.99. The lowest BCUT2D eigenvalue weighted by Crippen LogP contribution is -2.27. The normalized spacial score (nSPS) is 12.2. The summed E-state index contributed by atoms with van der Waals surface area (Å²) in [6, 6.07) is 32.3. The van der Waals surface area contributed by atoms with Crippen LogP contribution in [0.3, 0.4) is 0 Å². The minimum atomic E-state index is -0.453. The van der Waals surface area contributed by atoms with Crippen LogP contribution in [-0.2, 0) is 11.3 Å². The lowest BCUT2D eigenvalue weighted by atomic mass is 10.1. The zero-order valence-corrected chi connectivity index (χ0v) is 22.6. The number of anilines is 1. The molecule has 40 heavy (non-hydrogen) atoms. The van der Waals surface area contributed by atoms with E-state index in [1.165, 1.54) is 17.1 Å². The van der Waals surface area contributed by atoms with Crippen molar-refractivity contribution in [1.82, 2.24) is 25.2 Å². The SMILES string of the molecule is C[C@@H](Sc1nnc(CNc2cccc3ccccc23)n1-c1ccccc1)C(=O)N/N=C\c1c[nH]c2ccccc12. The summed E-state index contributed by atoms with van der Waals surface area (Å²) in [5, 5.41) is 20.2. The Morgan fingerprint density at radius 3 is 2.58 bits per heavy atom. The average molecular weight is 546 g/mol. The van der Waals surface area contributed by atoms with Crippen molar-refractivity contribution in [3.05, 3.63) is 115 Å². The zero-order chi connectivity index (χ0) is 27.3. The van der Waals surface area contributed by atoms with Gasteiger partial charge >= 0.3 is 0 Å². The van der Waals surface area contributed by atoms with E-state index >= 15 is 0 Å². The Morgan fingerprint density at radius 1 is 0.950 bits per heavy atom. The maximum Gasteiger partial charge on any atom is 0.253 e. The Hall–Kier alpha value is -4.89. The average Bonchev–Trinajstić information content (AvgIpc) is 3.60. The molecule has 0 radical (unpaired) electrons. The molecule has 9 heteroatoms. The molecule has 0 aliphatic carbocycles. The second-order valence-corrected chi connectivity index (χ2v) is 10.5. The van der Waals surface area contributed by atoms with E-state index in [1.54, 1.807) is 6.21 Å². The lowest BCUT2D eigenvalue weighted by Gasteiger charge is -2.14. The number of hydrogen-bond donors (Lipinski definition) is 3. The Morgan fingerprint density at radius 2 is 1.70 bits per heavy atom. The molecule has 198 valence electrons. The van der Waals surface area contributed by atoms with Crippen molar-refractivity contribution in [2.45, 2.75) is 23.9 Å². The number of carbonyl (C=O) groups is 1. The van der Waals surface area contributed by atoms with Crippen LogP contribution in [0.2, 0.25) is 0 Å². The first-order chi connectivity index (χ1) is 19.7. The molecule has 8 nitrogen and oxygen atoms in total. The standard InChI is InChI=1S/C31H27N7OS/c1-21(30(39)36-34-19-23-18-32-27-16-8-7-15-26(23)27)40-31-37-35-29(38(31)24-12-3-2-4-13-24)20-33-28-17-9-11-22-10-5-6-14-25(22)28/h2-19,21,32-33H,20H2,1H3,(H,36,39)/b34-19-/t21-/m1/s1. The van der Waals surface area contributed by atoms with Gasteiger partial charge in [0.1, 0.15) is 0 Å². The third kappa shape index (κ3) is 5.32. The molecule has 0 saturated carbocycles. The molecule has 0 aliphatic rings. The van der Waals surface area contributed by atoms with Gasteiger partial charge in [0, 0.05) is 39.4 Å². The van der Waals surface area contributed by atoms with E-state index < -0.39 is 5.25 Å². The number of nitrogens with one attached hydrogen (secondary N) is 3. The third-order valence-corrected chi connectivity index (χ3v) is 7.64. The highest BCUT2D eigenvalue weighted by molar-refractivity contribution is 8.00. The van der Waals surface area contributed by atoms with E-state index in [4.69, 9.17) is 0 Å². The van der Waals surface area contributed by atoms with E-state index in [-0.39, 0.29) is 5.91 Å². The van der Waals surface area contributed by atoms with E-state index in [2.05, 4.69) is 55.3 Å². The number of carbonyl (C=O) groups excluding carboxylic acids is 1. The first kappa shape index (κ1) is 25.4. The predicted octanol–water partition coefficient (Wildman–Crippen LogP) is 6.14. The number of thioether (sulfide) groups is 1. The summed E-state index contributed by atoms with van der Waals surface area (Å²) in [7, 11) is 0. The molecule has 0 bridgehead atoms. The zero-order valence-electron chi connectivity index (χ0n) is 21.8. The van der Waals surface area contributed by atoms with Gasteiger partial charge in [-0.1, -0.05) is 84.6 Å². The number of H-pyrrole nitrogens is 1. The van der Waals surface area contributed by atoms with Crippen molar-refractivity contribution >= 4 is 51.2 Å². The fraction of sp³-hybridized carbons (Fsp3) is 0.0968. The molecule has 6 aromatic rings. The number of hydrogen-bond acceptors (Lipinski definition) is 6. The molecular weight excluding hydrogens is 518 g/mol. The molecule has 2 heterocycles. The van der Waals surface area contributed by atoms with E-state index in [0.29, 0.717) is 11.7 Å². The van der Waals surface area contributed by atoms with Crippen molar-refractivity contribution in [3.63, 3.8) is 0 Å². The van der Waals surface area contributed by atoms with Crippen LogP contribution in [-0.4, -0.2) is 37.1 Å². The summed E-state index contributed by atoms with van der Waals surface area (Å²) >= 11 is 1.34. The highest BCUT2D eigenvalue weighted by atomic mass is 32.2. The number of rotatable bonds is 9. The molecule has 0 aliphatic heterocycles. The summed E-state index contributed by atoms with van der Waals surface area (Å²) in [4.78, 5) is 16.1. The highest BCUT2D eigenvalue weighted by Crippen LogP contribution is 2.28. The van der Waals surface area contributed by atoms with Crippen molar-refractivity contribution in [2.24, 2.45) is 5.10 Å². The third-order valence-electron chi connectivity index (χ3n) is 6.59. The number of aromatic amines is 1. The molecule has 0 spiro atoms. The topological polar surface area (TPSA) is 100.0 Å². The van der Waals surface area contributed by atoms with Gasteiger partial charge in [0.25, 0.3) is 5.91 Å². The van der Waals surface area contributed by atoms with E-state index in [1.807, 2.05) is 90.5 Å². The largest absolute Gasteiger partial charge is 0.377 e. The van der Waals surface area contributed by atoms with Crippen molar-refractivity contribution in [2.75, 3.05) is 5.32 Å². The molecule has 3 N–H and O–H groups in total. The number of amides is 1. The molecule has 2 aromatic heterocycles. The number of benzene rings is 4. The Kier molecular flexibility index (Phi) is 7.28. The number of fused-ring (bicyclic) bond motifs is 2. The minimum Gasteiger partial charge on any atom is -0.377 e. The maximum atomic E-state index is 12.9. The number of nitrogens with zero attached hydrogens (tertiary/aromatic N) is 4. The van der Waals surface area contributed by atoms with Gasteiger partial charge in [-0.2, -0.15) is 5.10 Å². The summed E-state index contributed by atoms with van der Waals surface area (Å²) in [6.45, 7) is 2.30. The van der Waals surface area contributed by atoms with Crippen molar-refractivity contribution < 1.29 is 4.79 Å². The molecule has 0 unspecified atom stereocenters. The molecule has 4 aromatic carbocycles.